The van der Waals surface area contributed by atoms with Crippen LogP contribution in [0.15, 0.2) is 133 Å². The molecule has 9 rings (SSSR count). The summed E-state index contributed by atoms with van der Waals surface area (Å²) in [6.45, 7) is 0. The summed E-state index contributed by atoms with van der Waals surface area (Å²) in [5, 5.41) is 2.71. The van der Waals surface area contributed by atoms with Crippen LogP contribution in [0.2, 0.25) is 0 Å². The topological polar surface area (TPSA) is 0 Å². The van der Waals surface area contributed by atoms with Gasteiger partial charge < -0.3 is 0 Å². The Labute approximate surface area is 221 Å². The van der Waals surface area contributed by atoms with Gasteiger partial charge in [-0.2, -0.15) is 0 Å². The highest BCUT2D eigenvalue weighted by atomic mass is 14.4. The van der Waals surface area contributed by atoms with Crippen molar-refractivity contribution in [2.45, 2.75) is 0 Å². The van der Waals surface area contributed by atoms with Gasteiger partial charge in [0, 0.05) is 0 Å². The Morgan fingerprint density at radius 1 is 0.237 bits per heavy atom. The van der Waals surface area contributed by atoms with Crippen molar-refractivity contribution in [1.82, 2.24) is 0 Å². The highest BCUT2D eigenvalue weighted by molar-refractivity contribution is 6.36. The van der Waals surface area contributed by atoms with Crippen LogP contribution >= 0.6 is 0 Å². The smallest absolute Gasteiger partial charge is 0.000741 e. The van der Waals surface area contributed by atoms with Gasteiger partial charge in [-0.15, -0.1) is 0 Å². The van der Waals surface area contributed by atoms with Crippen LogP contribution in [0.25, 0.3) is 55.3 Å². The Morgan fingerprint density at radius 3 is 1.34 bits per heavy atom. The molecule has 0 aromatic heterocycles. The van der Waals surface area contributed by atoms with Crippen LogP contribution in [-0.2, 0) is 0 Å². The first-order valence-corrected chi connectivity index (χ1v) is 13.3. The van der Waals surface area contributed by atoms with E-state index in [1.807, 2.05) is 0 Å². The summed E-state index contributed by atoms with van der Waals surface area (Å²) in [4.78, 5) is 0. The Hall–Kier alpha value is -4.94. The van der Waals surface area contributed by atoms with E-state index in [4.69, 9.17) is 0 Å². The average Bonchev–Trinajstić information content (AvgIpc) is 3.61. The molecule has 174 valence electrons. The van der Waals surface area contributed by atoms with E-state index in [0.717, 1.165) is 0 Å². The van der Waals surface area contributed by atoms with E-state index in [2.05, 4.69) is 133 Å². The minimum Gasteiger partial charge on any atom is -0.0622 e. The molecule has 0 heteroatoms. The fourth-order valence-electron chi connectivity index (χ4n) is 7.11. The van der Waals surface area contributed by atoms with E-state index < -0.39 is 0 Å². The minimum absolute atomic E-state index is 1.27. The molecule has 6 aromatic rings. The third-order valence-corrected chi connectivity index (χ3v) is 8.56. The predicted octanol–water partition coefficient (Wildman–Crippen LogP) is 9.73. The molecule has 0 fully saturated rings. The van der Waals surface area contributed by atoms with Gasteiger partial charge in [0.15, 0.2) is 0 Å². The second kappa shape index (κ2) is 7.31. The lowest BCUT2D eigenvalue weighted by molar-refractivity contribution is 1.53. The van der Waals surface area contributed by atoms with Crippen molar-refractivity contribution in [2.75, 3.05) is 0 Å². The van der Waals surface area contributed by atoms with E-state index in [1.54, 1.807) is 0 Å². The van der Waals surface area contributed by atoms with Crippen molar-refractivity contribution < 1.29 is 0 Å². The largest absolute Gasteiger partial charge is 0.0622 e. The van der Waals surface area contributed by atoms with Gasteiger partial charge in [0.05, 0.1) is 0 Å². The average molecular weight is 479 g/mol. The van der Waals surface area contributed by atoms with Crippen LogP contribution in [0.1, 0.15) is 33.4 Å². The molecule has 3 aliphatic carbocycles. The zero-order valence-corrected chi connectivity index (χ0v) is 20.7. The van der Waals surface area contributed by atoms with Crippen LogP contribution < -0.4 is 0 Å². The molecule has 0 unspecified atom stereocenters. The van der Waals surface area contributed by atoms with Crippen molar-refractivity contribution in [3.63, 3.8) is 0 Å². The number of benzene rings is 6. The van der Waals surface area contributed by atoms with E-state index in [1.165, 1.54) is 88.7 Å². The molecule has 0 atom stereocenters. The fourth-order valence-corrected chi connectivity index (χ4v) is 7.11. The van der Waals surface area contributed by atoms with Gasteiger partial charge in [-0.1, -0.05) is 133 Å². The van der Waals surface area contributed by atoms with E-state index in [9.17, 15) is 0 Å². The standard InChI is InChI=1S/C38H22/c1-2-11-23(12-3-1)34-27-15-6-8-17-30(27)38-36(29-16-7-9-18-31(29)37(34)38)33-22-21-32-25-14-5-4-13-24(25)26-19-10-20-28(33)35(26)32/h1-22H. The molecule has 0 bridgehead atoms. The first-order chi connectivity index (χ1) is 18.9. The maximum Gasteiger partial charge on any atom is -0.000741 e. The maximum absolute atomic E-state index is 2.37. The second-order valence-electron chi connectivity index (χ2n) is 10.4. The van der Waals surface area contributed by atoms with E-state index >= 15 is 0 Å². The van der Waals surface area contributed by atoms with E-state index in [0.29, 0.717) is 0 Å². The molecule has 6 aromatic carbocycles. The van der Waals surface area contributed by atoms with E-state index in [-0.39, 0.29) is 0 Å². The summed E-state index contributed by atoms with van der Waals surface area (Å²) < 4.78 is 0. The summed E-state index contributed by atoms with van der Waals surface area (Å²) in [6, 6.07) is 49.2. The minimum atomic E-state index is 1.27. The lowest BCUT2D eigenvalue weighted by Gasteiger charge is -2.14. The molecule has 0 nitrogen and oxygen atoms in total. The van der Waals surface area contributed by atoms with Crippen molar-refractivity contribution in [2.24, 2.45) is 0 Å². The second-order valence-corrected chi connectivity index (χ2v) is 10.4. The quantitative estimate of drug-likeness (QED) is 0.232. The summed E-state index contributed by atoms with van der Waals surface area (Å²) in [5.41, 5.74) is 18.7. The number of fused-ring (bicyclic) bond motifs is 8. The molecule has 0 spiro atoms. The van der Waals surface area contributed by atoms with Gasteiger partial charge in [-0.3, -0.25) is 0 Å². The SMILES string of the molecule is c1ccc(C2=C3C(=C(c4ccc5c6c(cccc46)-c4ccccc4-5)c4ccccc43)c3ccccc32)cc1. The number of allylic oxidation sites excluding steroid dienone is 2. The summed E-state index contributed by atoms with van der Waals surface area (Å²) in [6.07, 6.45) is 0. The van der Waals surface area contributed by atoms with Crippen molar-refractivity contribution in [1.29, 1.82) is 0 Å². The molecular formula is C38H22. The Bertz CT molecular complexity index is 2020. The van der Waals surface area contributed by atoms with Crippen molar-refractivity contribution in [3.05, 3.63) is 167 Å². The van der Waals surface area contributed by atoms with Gasteiger partial charge in [0.1, 0.15) is 0 Å². The first-order valence-electron chi connectivity index (χ1n) is 13.3. The zero-order chi connectivity index (χ0) is 24.8. The van der Waals surface area contributed by atoms with Crippen LogP contribution in [0.3, 0.4) is 0 Å². The third-order valence-electron chi connectivity index (χ3n) is 8.56. The molecule has 0 saturated heterocycles. The van der Waals surface area contributed by atoms with Crippen LogP contribution in [-0.4, -0.2) is 0 Å². The van der Waals surface area contributed by atoms with Gasteiger partial charge in [-0.05, 0) is 88.7 Å². The van der Waals surface area contributed by atoms with Crippen molar-refractivity contribution in [3.8, 4) is 22.3 Å². The maximum atomic E-state index is 2.37. The molecule has 3 aliphatic rings. The third kappa shape index (κ3) is 2.45. The summed E-state index contributed by atoms with van der Waals surface area (Å²) in [7, 11) is 0. The van der Waals surface area contributed by atoms with Crippen LogP contribution in [0.4, 0.5) is 0 Å². The molecule has 38 heavy (non-hydrogen) atoms. The molecule has 0 radical (unpaired) electrons. The lowest BCUT2D eigenvalue weighted by Crippen LogP contribution is -1.93. The van der Waals surface area contributed by atoms with Gasteiger partial charge in [0.25, 0.3) is 0 Å². The zero-order valence-electron chi connectivity index (χ0n) is 20.7. The Balaban J connectivity index is 1.43. The molecule has 0 N–H and O–H groups in total. The van der Waals surface area contributed by atoms with Crippen molar-refractivity contribution >= 4 is 33.1 Å². The van der Waals surface area contributed by atoms with Crippen LogP contribution in [0.5, 0.6) is 0 Å². The molecular weight excluding hydrogens is 456 g/mol. The van der Waals surface area contributed by atoms with Gasteiger partial charge in [0.2, 0.25) is 0 Å². The number of hydrogen-bond donors (Lipinski definition) is 0. The Kier molecular flexibility index (Phi) is 3.88. The molecule has 0 amide bonds. The van der Waals surface area contributed by atoms with Gasteiger partial charge >= 0.3 is 0 Å². The first kappa shape index (κ1) is 20.2. The summed E-state index contributed by atoms with van der Waals surface area (Å²) in [5.74, 6) is 0. The molecule has 0 heterocycles. The molecule has 0 aliphatic heterocycles. The highest BCUT2D eigenvalue weighted by Gasteiger charge is 2.37. The normalized spacial score (nSPS) is 14.1. The predicted molar refractivity (Wildman–Crippen MR) is 160 cm³/mol. The number of rotatable bonds is 2. The van der Waals surface area contributed by atoms with Gasteiger partial charge in [-0.25, -0.2) is 0 Å². The summed E-state index contributed by atoms with van der Waals surface area (Å²) >= 11 is 0. The molecule has 0 saturated carbocycles. The highest BCUT2D eigenvalue weighted by Crippen LogP contribution is 2.59. The monoisotopic (exact) mass is 478 g/mol. The Morgan fingerprint density at radius 2 is 0.684 bits per heavy atom. The number of hydrogen-bond acceptors (Lipinski definition) is 0. The lowest BCUT2D eigenvalue weighted by atomic mass is 9.88. The van der Waals surface area contributed by atoms with Crippen LogP contribution in [0, 0.1) is 0 Å². The fraction of sp³-hybridized carbons (Fsp3) is 0.